The third-order valence-electron chi connectivity index (χ3n) is 7.04. The van der Waals surface area contributed by atoms with E-state index < -0.39 is 47.9 Å². The summed E-state index contributed by atoms with van der Waals surface area (Å²) in [7, 11) is 1.38. The van der Waals surface area contributed by atoms with Crippen LogP contribution in [0.15, 0.2) is 60.8 Å². The number of hydrogen-bond donors (Lipinski definition) is 2. The van der Waals surface area contributed by atoms with Gasteiger partial charge in [-0.15, -0.1) is 0 Å². The highest BCUT2D eigenvalue weighted by Gasteiger charge is 2.40. The van der Waals surface area contributed by atoms with E-state index >= 15 is 0 Å². The lowest BCUT2D eigenvalue weighted by molar-refractivity contribution is -0.142. The van der Waals surface area contributed by atoms with Gasteiger partial charge < -0.3 is 10.6 Å². The van der Waals surface area contributed by atoms with Gasteiger partial charge in [-0.3, -0.25) is 19.3 Å². The summed E-state index contributed by atoms with van der Waals surface area (Å²) >= 11 is 1.37. The topological polar surface area (TPSA) is 88.9 Å². The van der Waals surface area contributed by atoms with Gasteiger partial charge in [0.15, 0.2) is 5.69 Å². The van der Waals surface area contributed by atoms with Crippen LogP contribution in [0.5, 0.6) is 0 Å². The van der Waals surface area contributed by atoms with Gasteiger partial charge >= 0.3 is 6.18 Å². The predicted octanol–water partition coefficient (Wildman–Crippen LogP) is 5.49. The number of hydrogen-bond acceptors (Lipinski definition) is 5. The Morgan fingerprint density at radius 3 is 2.65 bits per heavy atom. The molecule has 0 fully saturated rings. The van der Waals surface area contributed by atoms with E-state index in [2.05, 4.69) is 20.7 Å². The molecule has 0 aliphatic carbocycles. The maximum Gasteiger partial charge on any atom is 0.435 e. The monoisotopic (exact) mass is 615 g/mol. The number of nitrogens with zero attached hydrogens (tertiary/aromatic N) is 3. The molecule has 2 N–H and O–H groups in total. The molecule has 1 aliphatic rings. The van der Waals surface area contributed by atoms with Gasteiger partial charge in [-0.05, 0) is 60.1 Å². The third kappa shape index (κ3) is 6.71. The fourth-order valence-electron chi connectivity index (χ4n) is 5.10. The van der Waals surface area contributed by atoms with Gasteiger partial charge in [-0.25, -0.2) is 8.78 Å². The first-order valence-electron chi connectivity index (χ1n) is 13.3. The summed E-state index contributed by atoms with van der Waals surface area (Å²) in [6, 6.07) is 12.2. The summed E-state index contributed by atoms with van der Waals surface area (Å²) in [5, 5.41) is 9.01. The Hall–Kier alpha value is -4.26. The molecule has 2 aromatic heterocycles. The molecule has 0 spiro atoms. The summed E-state index contributed by atoms with van der Waals surface area (Å²) in [4.78, 5) is 30.1. The van der Waals surface area contributed by atoms with Crippen LogP contribution < -0.4 is 10.6 Å². The van der Waals surface area contributed by atoms with Gasteiger partial charge in [0.05, 0.1) is 17.3 Å². The van der Waals surface area contributed by atoms with Crippen LogP contribution in [-0.2, 0) is 36.1 Å². The van der Waals surface area contributed by atoms with Crippen molar-refractivity contribution in [1.82, 2.24) is 25.4 Å². The number of amides is 2. The number of pyridine rings is 1. The van der Waals surface area contributed by atoms with Crippen molar-refractivity contribution in [3.63, 3.8) is 0 Å². The maximum absolute atomic E-state index is 14.4. The highest BCUT2D eigenvalue weighted by molar-refractivity contribution is 7.98. The Morgan fingerprint density at radius 2 is 1.91 bits per heavy atom. The summed E-state index contributed by atoms with van der Waals surface area (Å²) in [6.45, 7) is -0.470. The molecule has 7 nitrogen and oxygen atoms in total. The molecule has 1 aliphatic heterocycles. The number of halogens is 5. The number of carbonyl (C=O) groups is 2. The summed E-state index contributed by atoms with van der Waals surface area (Å²) in [6.07, 6.45) is -2.75. The molecular weight excluding hydrogens is 589 g/mol. The average molecular weight is 616 g/mol. The molecule has 4 aromatic rings. The van der Waals surface area contributed by atoms with E-state index in [1.165, 1.54) is 55.3 Å². The zero-order chi connectivity index (χ0) is 30.7. The van der Waals surface area contributed by atoms with Crippen LogP contribution >= 0.6 is 11.8 Å². The molecule has 0 radical (unpaired) electrons. The number of fused-ring (bicyclic) bond motifs is 1. The molecule has 0 unspecified atom stereocenters. The molecular formula is C30H26F5N5O2S. The van der Waals surface area contributed by atoms with Crippen molar-refractivity contribution in [3.05, 3.63) is 106 Å². The molecule has 0 saturated heterocycles. The normalized spacial score (nSPS) is 13.7. The highest BCUT2D eigenvalue weighted by atomic mass is 32.2. The number of carbonyl (C=O) groups excluding carboxylic acids is 2. The van der Waals surface area contributed by atoms with E-state index in [1.54, 1.807) is 18.2 Å². The van der Waals surface area contributed by atoms with Crippen LogP contribution in [0.3, 0.4) is 0 Å². The van der Waals surface area contributed by atoms with Gasteiger partial charge in [0.1, 0.15) is 18.2 Å². The molecule has 13 heteroatoms. The van der Waals surface area contributed by atoms with Gasteiger partial charge in [0, 0.05) is 35.8 Å². The average Bonchev–Trinajstić information content (AvgIpc) is 3.35. The van der Waals surface area contributed by atoms with Crippen LogP contribution in [0.2, 0.25) is 0 Å². The molecule has 5 rings (SSSR count). The van der Waals surface area contributed by atoms with Gasteiger partial charge in [0.2, 0.25) is 5.91 Å². The minimum absolute atomic E-state index is 0.0820. The van der Waals surface area contributed by atoms with Crippen molar-refractivity contribution in [3.8, 4) is 11.1 Å². The van der Waals surface area contributed by atoms with Crippen LogP contribution in [0.4, 0.5) is 22.0 Å². The molecule has 0 saturated carbocycles. The molecule has 1 atom stereocenters. The van der Waals surface area contributed by atoms with Crippen molar-refractivity contribution in [2.24, 2.45) is 0 Å². The van der Waals surface area contributed by atoms with E-state index in [1.807, 2.05) is 0 Å². The molecule has 3 heterocycles. The first-order valence-corrected chi connectivity index (χ1v) is 14.4. The lowest BCUT2D eigenvalue weighted by atomic mass is 9.94. The van der Waals surface area contributed by atoms with Crippen molar-refractivity contribution in [2.45, 2.75) is 37.4 Å². The second-order valence-electron chi connectivity index (χ2n) is 9.90. The summed E-state index contributed by atoms with van der Waals surface area (Å²) < 4.78 is 70.7. The number of alkyl halides is 3. The number of nitrogens with one attached hydrogen (secondary N) is 2. The first kappa shape index (κ1) is 30.2. The Bertz CT molecular complexity index is 1670. The van der Waals surface area contributed by atoms with Crippen LogP contribution in [0.25, 0.3) is 11.1 Å². The Kier molecular flexibility index (Phi) is 8.81. The van der Waals surface area contributed by atoms with Crippen molar-refractivity contribution in [2.75, 3.05) is 12.8 Å². The summed E-state index contributed by atoms with van der Waals surface area (Å²) in [5.74, 6) is -1.71. The quantitative estimate of drug-likeness (QED) is 0.256. The number of thioether (sulfide) groups is 1. The predicted molar refractivity (Wildman–Crippen MR) is 151 cm³/mol. The maximum atomic E-state index is 14.4. The van der Waals surface area contributed by atoms with Gasteiger partial charge in [-0.2, -0.15) is 30.0 Å². The summed E-state index contributed by atoms with van der Waals surface area (Å²) in [5.41, 5.74) is 1.05. The molecule has 0 bridgehead atoms. The second-order valence-corrected chi connectivity index (χ2v) is 11.0. The molecule has 224 valence electrons. The molecule has 2 amide bonds. The van der Waals surface area contributed by atoms with E-state index in [4.69, 9.17) is 0 Å². The minimum atomic E-state index is -4.66. The van der Waals surface area contributed by atoms with E-state index in [0.717, 1.165) is 10.7 Å². The third-order valence-corrected chi connectivity index (χ3v) is 8.03. The van der Waals surface area contributed by atoms with E-state index in [-0.39, 0.29) is 23.3 Å². The van der Waals surface area contributed by atoms with Crippen molar-refractivity contribution >= 4 is 23.6 Å². The fraction of sp³-hybridized carbons (Fsp3) is 0.267. The number of aromatic nitrogens is 3. The number of benzene rings is 2. The second kappa shape index (κ2) is 12.5. The molecule has 43 heavy (non-hydrogen) atoms. The van der Waals surface area contributed by atoms with E-state index in [9.17, 15) is 31.5 Å². The Balaban J connectivity index is 1.51. The highest BCUT2D eigenvalue weighted by Crippen LogP contribution is 2.37. The first-order chi connectivity index (χ1) is 20.5. The van der Waals surface area contributed by atoms with Crippen LogP contribution in [0, 0.1) is 11.6 Å². The van der Waals surface area contributed by atoms with Crippen LogP contribution in [0.1, 0.15) is 44.6 Å². The standard InChI is InChI=1S/C30H26F5N5O2S/c1-36-29(42)21-14-18(7-8-23(21)32)20-6-3-10-37-27(20)24(13-17-4-2-5-19(31)12-17)38-26(41)15-40-25-9-11-43-16-22(25)28(39-40)30(33,34)35/h2-8,10,12,14,24H,9,11,13,15-16H2,1H3,(H,36,42)(H,38,41)/t24-/m0/s1. The van der Waals surface area contributed by atoms with Gasteiger partial charge in [0.25, 0.3) is 5.91 Å². The van der Waals surface area contributed by atoms with Crippen molar-refractivity contribution in [1.29, 1.82) is 0 Å². The lowest BCUT2D eigenvalue weighted by Gasteiger charge is -2.22. The Morgan fingerprint density at radius 1 is 1.09 bits per heavy atom. The Labute approximate surface area is 247 Å². The zero-order valence-electron chi connectivity index (χ0n) is 22.8. The van der Waals surface area contributed by atoms with E-state index in [0.29, 0.717) is 40.3 Å². The minimum Gasteiger partial charge on any atom is -0.355 e. The SMILES string of the molecule is CNC(=O)c1cc(-c2cccnc2[C@H](Cc2cccc(F)c2)NC(=O)Cn2nc(C(F)(F)F)c3c2CCSC3)ccc1F. The molecule has 2 aromatic carbocycles. The van der Waals surface area contributed by atoms with Gasteiger partial charge in [-0.1, -0.05) is 24.3 Å². The van der Waals surface area contributed by atoms with Crippen LogP contribution in [-0.4, -0.2) is 39.4 Å². The largest absolute Gasteiger partial charge is 0.435 e. The lowest BCUT2D eigenvalue weighted by Crippen LogP contribution is -2.34. The zero-order valence-corrected chi connectivity index (χ0v) is 23.7. The van der Waals surface area contributed by atoms with Crippen molar-refractivity contribution < 1.29 is 31.5 Å². The fourth-order valence-corrected chi connectivity index (χ4v) is 6.09. The smallest absolute Gasteiger partial charge is 0.355 e. The number of rotatable bonds is 8.